The summed E-state index contributed by atoms with van der Waals surface area (Å²) in [6.45, 7) is 10.6. The van der Waals surface area contributed by atoms with E-state index in [1.165, 1.54) is 17.0 Å². The van der Waals surface area contributed by atoms with Crippen LogP contribution in [0.25, 0.3) is 0 Å². The molecule has 3 rings (SSSR count). The number of aryl methyl sites for hydroxylation is 1. The molecule has 3 aromatic rings. The number of ether oxygens (including phenoxy) is 1. The minimum absolute atomic E-state index is 0.0193. The number of benzene rings is 3. The first-order valence-electron chi connectivity index (χ1n) is 13.5. The van der Waals surface area contributed by atoms with E-state index in [1.54, 1.807) is 58.9 Å². The van der Waals surface area contributed by atoms with Gasteiger partial charge in [0.2, 0.25) is 5.91 Å². The van der Waals surface area contributed by atoms with Gasteiger partial charge in [0.1, 0.15) is 23.4 Å². The smallest absolute Gasteiger partial charge is 0.408 e. The molecule has 0 bridgehead atoms. The van der Waals surface area contributed by atoms with Gasteiger partial charge in [0.25, 0.3) is 5.91 Å². The minimum atomic E-state index is -1.11. The Morgan fingerprint density at radius 1 is 0.951 bits per heavy atom. The topological polar surface area (TPSA) is 108 Å². The summed E-state index contributed by atoms with van der Waals surface area (Å²) >= 11 is 6.41. The van der Waals surface area contributed by atoms with Crippen LogP contribution in [0.2, 0.25) is 5.02 Å². The van der Waals surface area contributed by atoms with Gasteiger partial charge in [-0.05, 0) is 76.4 Å². The summed E-state index contributed by atoms with van der Waals surface area (Å²) in [5.74, 6) is -0.950. The first-order chi connectivity index (χ1) is 19.3. The largest absolute Gasteiger partial charge is 0.508 e. The molecule has 3 aromatic carbocycles. The predicted octanol–water partition coefficient (Wildman–Crippen LogP) is 6.41. The molecular formula is C32H38ClN3O5. The van der Waals surface area contributed by atoms with Gasteiger partial charge in [0.05, 0.1) is 10.7 Å². The van der Waals surface area contributed by atoms with Crippen LogP contribution in [0.1, 0.15) is 57.4 Å². The Morgan fingerprint density at radius 3 is 2.15 bits per heavy atom. The standard InChI is InChI=1S/C32H38ClN3O5/c1-20(2)36(30(39)26(19-22-12-8-7-9-13-22)34-31(40)41-32(4,5)6)28(23-15-17-24(37)18-16-23)29(38)35-27-21(3)11-10-14-25(27)33/h7-18,20,26,28,37H,19H2,1-6H3,(H,34,40)(H,35,38). The number of carbonyl (C=O) groups excluding carboxylic acids is 3. The van der Waals surface area contributed by atoms with Crippen molar-refractivity contribution in [3.63, 3.8) is 0 Å². The number of rotatable bonds is 9. The van der Waals surface area contributed by atoms with E-state index in [1.807, 2.05) is 43.3 Å². The van der Waals surface area contributed by atoms with E-state index in [-0.39, 0.29) is 12.2 Å². The van der Waals surface area contributed by atoms with Crippen LogP contribution in [0.4, 0.5) is 10.5 Å². The summed E-state index contributed by atoms with van der Waals surface area (Å²) in [5, 5.41) is 15.9. The van der Waals surface area contributed by atoms with Crippen molar-refractivity contribution < 1.29 is 24.2 Å². The van der Waals surface area contributed by atoms with E-state index in [4.69, 9.17) is 16.3 Å². The molecule has 3 N–H and O–H groups in total. The van der Waals surface area contributed by atoms with Gasteiger partial charge >= 0.3 is 6.09 Å². The Hall–Kier alpha value is -4.04. The van der Waals surface area contributed by atoms with Crippen LogP contribution >= 0.6 is 11.6 Å². The SMILES string of the molecule is Cc1cccc(Cl)c1NC(=O)C(c1ccc(O)cc1)N(C(=O)C(Cc1ccccc1)NC(=O)OC(C)(C)C)C(C)C. The van der Waals surface area contributed by atoms with Crippen molar-refractivity contribution in [2.24, 2.45) is 0 Å². The summed E-state index contributed by atoms with van der Waals surface area (Å²) in [7, 11) is 0. The number of aromatic hydroxyl groups is 1. The first kappa shape index (κ1) is 31.5. The average Bonchev–Trinajstić information content (AvgIpc) is 2.88. The highest BCUT2D eigenvalue weighted by atomic mass is 35.5. The zero-order valence-electron chi connectivity index (χ0n) is 24.3. The van der Waals surface area contributed by atoms with Gasteiger partial charge in [-0.1, -0.05) is 66.2 Å². The van der Waals surface area contributed by atoms with Gasteiger partial charge in [0, 0.05) is 12.5 Å². The fourth-order valence-corrected chi connectivity index (χ4v) is 4.71. The second-order valence-electron chi connectivity index (χ2n) is 11.1. The molecule has 0 aliphatic rings. The van der Waals surface area contributed by atoms with Crippen LogP contribution in [0, 0.1) is 6.92 Å². The van der Waals surface area contributed by atoms with Crippen molar-refractivity contribution in [2.45, 2.75) is 71.7 Å². The van der Waals surface area contributed by atoms with Gasteiger partial charge in [0.15, 0.2) is 0 Å². The summed E-state index contributed by atoms with van der Waals surface area (Å²) in [6, 6.07) is 18.1. The summed E-state index contributed by atoms with van der Waals surface area (Å²) < 4.78 is 5.46. The monoisotopic (exact) mass is 579 g/mol. The van der Waals surface area contributed by atoms with Crippen molar-refractivity contribution in [3.8, 4) is 5.75 Å². The molecule has 0 saturated carbocycles. The summed E-state index contributed by atoms with van der Waals surface area (Å²) in [4.78, 5) is 42.7. The van der Waals surface area contributed by atoms with Crippen molar-refractivity contribution in [2.75, 3.05) is 5.32 Å². The number of hydrogen-bond donors (Lipinski definition) is 3. The summed E-state index contributed by atoms with van der Waals surface area (Å²) in [5.41, 5.74) is 1.72. The normalized spacial score (nSPS) is 12.8. The number of hydrogen-bond acceptors (Lipinski definition) is 5. The molecule has 2 unspecified atom stereocenters. The Labute approximate surface area is 246 Å². The molecule has 0 aliphatic heterocycles. The lowest BCUT2D eigenvalue weighted by molar-refractivity contribution is -0.142. The van der Waals surface area contributed by atoms with Crippen LogP contribution < -0.4 is 10.6 Å². The molecule has 3 amide bonds. The fourth-order valence-electron chi connectivity index (χ4n) is 4.44. The van der Waals surface area contributed by atoms with Crippen molar-refractivity contribution >= 4 is 35.2 Å². The number of phenolic OH excluding ortho intramolecular Hbond substituents is 1. The Kier molecular flexibility index (Phi) is 10.4. The Morgan fingerprint density at radius 2 is 1.59 bits per heavy atom. The average molecular weight is 580 g/mol. The number of phenols is 1. The number of amides is 3. The summed E-state index contributed by atoms with van der Waals surface area (Å²) in [6.07, 6.45) is -0.566. The third-order valence-electron chi connectivity index (χ3n) is 6.29. The lowest BCUT2D eigenvalue weighted by Gasteiger charge is -2.37. The van der Waals surface area contributed by atoms with Gasteiger partial charge < -0.3 is 25.4 Å². The van der Waals surface area contributed by atoms with Gasteiger partial charge in [-0.2, -0.15) is 0 Å². The zero-order valence-corrected chi connectivity index (χ0v) is 25.0. The third-order valence-corrected chi connectivity index (χ3v) is 6.60. The van der Waals surface area contributed by atoms with Crippen LogP contribution in [0.15, 0.2) is 72.8 Å². The molecule has 0 aliphatic carbocycles. The van der Waals surface area contributed by atoms with Crippen molar-refractivity contribution in [3.05, 3.63) is 94.5 Å². The number of carbonyl (C=O) groups is 3. The molecule has 0 saturated heterocycles. The molecule has 218 valence electrons. The number of para-hydroxylation sites is 1. The molecule has 8 nitrogen and oxygen atoms in total. The predicted molar refractivity (Wildman–Crippen MR) is 161 cm³/mol. The molecular weight excluding hydrogens is 542 g/mol. The number of nitrogens with zero attached hydrogens (tertiary/aromatic N) is 1. The van der Waals surface area contributed by atoms with Crippen LogP contribution in [-0.4, -0.2) is 45.6 Å². The second kappa shape index (κ2) is 13.5. The van der Waals surface area contributed by atoms with E-state index < -0.39 is 41.6 Å². The number of anilines is 1. The lowest BCUT2D eigenvalue weighted by atomic mass is 9.98. The fraction of sp³-hybridized carbons (Fsp3) is 0.344. The highest BCUT2D eigenvalue weighted by Gasteiger charge is 2.38. The molecule has 0 spiro atoms. The molecule has 0 aromatic heterocycles. The number of alkyl carbamates (subject to hydrolysis) is 1. The first-order valence-corrected chi connectivity index (χ1v) is 13.8. The second-order valence-corrected chi connectivity index (χ2v) is 11.6. The number of halogens is 1. The molecule has 2 atom stereocenters. The maximum atomic E-state index is 14.4. The Bertz CT molecular complexity index is 1330. The van der Waals surface area contributed by atoms with Gasteiger partial charge in [-0.25, -0.2) is 4.79 Å². The van der Waals surface area contributed by atoms with E-state index in [0.717, 1.165) is 11.1 Å². The maximum Gasteiger partial charge on any atom is 0.408 e. The van der Waals surface area contributed by atoms with Crippen LogP contribution in [0.3, 0.4) is 0 Å². The van der Waals surface area contributed by atoms with Crippen molar-refractivity contribution in [1.29, 1.82) is 0 Å². The lowest BCUT2D eigenvalue weighted by Crippen LogP contribution is -2.55. The molecule has 9 heteroatoms. The van der Waals surface area contributed by atoms with Crippen molar-refractivity contribution in [1.82, 2.24) is 10.2 Å². The minimum Gasteiger partial charge on any atom is -0.508 e. The third kappa shape index (κ3) is 8.72. The van der Waals surface area contributed by atoms with E-state index in [2.05, 4.69) is 10.6 Å². The van der Waals surface area contributed by atoms with Gasteiger partial charge in [-0.15, -0.1) is 0 Å². The number of nitrogens with one attached hydrogen (secondary N) is 2. The Balaban J connectivity index is 2.07. The molecule has 0 radical (unpaired) electrons. The highest BCUT2D eigenvalue weighted by Crippen LogP contribution is 2.31. The maximum absolute atomic E-state index is 14.4. The van der Waals surface area contributed by atoms with E-state index in [9.17, 15) is 19.5 Å². The molecule has 0 heterocycles. The quantitative estimate of drug-likeness (QED) is 0.272. The zero-order chi connectivity index (χ0) is 30.3. The molecule has 0 fully saturated rings. The van der Waals surface area contributed by atoms with E-state index in [0.29, 0.717) is 16.3 Å². The van der Waals surface area contributed by atoms with Crippen LogP contribution in [-0.2, 0) is 20.7 Å². The van der Waals surface area contributed by atoms with Gasteiger partial charge in [-0.3, -0.25) is 9.59 Å². The molecule has 41 heavy (non-hydrogen) atoms. The highest BCUT2D eigenvalue weighted by molar-refractivity contribution is 6.34. The van der Waals surface area contributed by atoms with Crippen LogP contribution in [0.5, 0.6) is 5.75 Å². The van der Waals surface area contributed by atoms with E-state index >= 15 is 0 Å².